The van der Waals surface area contributed by atoms with Crippen molar-refractivity contribution in [3.8, 4) is 0 Å². The summed E-state index contributed by atoms with van der Waals surface area (Å²) in [5, 5.41) is 2.76. The SMILES string of the molecule is Cc1cc(NC(=O)c2ccc(Br)c(F)c2)c(C)cc1N. The normalized spacial score (nSPS) is 10.4. The quantitative estimate of drug-likeness (QED) is 0.813. The predicted molar refractivity (Wildman–Crippen MR) is 82.4 cm³/mol. The van der Waals surface area contributed by atoms with E-state index in [2.05, 4.69) is 21.2 Å². The Morgan fingerprint density at radius 1 is 1.20 bits per heavy atom. The van der Waals surface area contributed by atoms with Crippen molar-refractivity contribution in [1.82, 2.24) is 0 Å². The highest BCUT2D eigenvalue weighted by atomic mass is 79.9. The van der Waals surface area contributed by atoms with Gasteiger partial charge in [0.05, 0.1) is 4.47 Å². The maximum absolute atomic E-state index is 13.4. The van der Waals surface area contributed by atoms with E-state index in [0.717, 1.165) is 11.1 Å². The summed E-state index contributed by atoms with van der Waals surface area (Å²) in [4.78, 5) is 12.1. The molecular formula is C15H14BrFN2O. The molecule has 0 bridgehead atoms. The first-order valence-electron chi connectivity index (χ1n) is 6.01. The molecule has 0 heterocycles. The topological polar surface area (TPSA) is 55.1 Å². The predicted octanol–water partition coefficient (Wildman–Crippen LogP) is 4.04. The lowest BCUT2D eigenvalue weighted by molar-refractivity contribution is 0.102. The minimum absolute atomic E-state index is 0.263. The van der Waals surface area contributed by atoms with E-state index in [-0.39, 0.29) is 11.5 Å². The smallest absolute Gasteiger partial charge is 0.255 e. The minimum atomic E-state index is -0.470. The van der Waals surface area contributed by atoms with Crippen molar-refractivity contribution in [2.45, 2.75) is 13.8 Å². The lowest BCUT2D eigenvalue weighted by Crippen LogP contribution is -2.13. The Morgan fingerprint density at radius 2 is 1.90 bits per heavy atom. The van der Waals surface area contributed by atoms with Gasteiger partial charge < -0.3 is 11.1 Å². The van der Waals surface area contributed by atoms with Crippen LogP contribution in [0.2, 0.25) is 0 Å². The molecule has 104 valence electrons. The number of rotatable bonds is 2. The molecule has 2 rings (SSSR count). The summed E-state index contributed by atoms with van der Waals surface area (Å²) in [7, 11) is 0. The Hall–Kier alpha value is -1.88. The standard InChI is InChI=1S/C15H14BrFN2O/c1-8-6-14(9(2)5-13(8)18)19-15(20)10-3-4-11(16)12(17)7-10/h3-7H,18H2,1-2H3,(H,19,20). The van der Waals surface area contributed by atoms with Crippen molar-refractivity contribution in [2.75, 3.05) is 11.1 Å². The lowest BCUT2D eigenvalue weighted by Gasteiger charge is -2.11. The van der Waals surface area contributed by atoms with Crippen LogP contribution in [0.15, 0.2) is 34.8 Å². The average Bonchev–Trinajstić information content (AvgIpc) is 2.39. The Labute approximate surface area is 125 Å². The second-order valence-electron chi connectivity index (χ2n) is 4.61. The molecular weight excluding hydrogens is 323 g/mol. The van der Waals surface area contributed by atoms with E-state index in [0.29, 0.717) is 15.8 Å². The lowest BCUT2D eigenvalue weighted by atomic mass is 10.1. The highest BCUT2D eigenvalue weighted by molar-refractivity contribution is 9.10. The number of nitrogens with one attached hydrogen (secondary N) is 1. The van der Waals surface area contributed by atoms with Crippen LogP contribution in [-0.4, -0.2) is 5.91 Å². The van der Waals surface area contributed by atoms with Gasteiger partial charge in [-0.2, -0.15) is 0 Å². The summed E-state index contributed by atoms with van der Waals surface area (Å²) in [6.45, 7) is 3.72. The number of nitrogen functional groups attached to an aromatic ring is 1. The Morgan fingerprint density at radius 3 is 2.55 bits per heavy atom. The maximum Gasteiger partial charge on any atom is 0.255 e. The van der Waals surface area contributed by atoms with E-state index in [1.54, 1.807) is 18.2 Å². The van der Waals surface area contributed by atoms with E-state index < -0.39 is 5.82 Å². The molecule has 0 spiro atoms. The number of halogens is 2. The Bertz CT molecular complexity index is 686. The molecule has 0 aliphatic carbocycles. The average molecular weight is 337 g/mol. The van der Waals surface area contributed by atoms with Gasteiger partial charge in [-0.05, 0) is 71.2 Å². The zero-order chi connectivity index (χ0) is 14.9. The summed E-state index contributed by atoms with van der Waals surface area (Å²) < 4.78 is 13.8. The van der Waals surface area contributed by atoms with Gasteiger partial charge in [0.15, 0.2) is 0 Å². The van der Waals surface area contributed by atoms with Gasteiger partial charge in [0.1, 0.15) is 5.82 Å². The number of carbonyl (C=O) groups is 1. The van der Waals surface area contributed by atoms with Crippen molar-refractivity contribution in [3.05, 3.63) is 57.3 Å². The third kappa shape index (κ3) is 2.99. The molecule has 0 radical (unpaired) electrons. The zero-order valence-corrected chi connectivity index (χ0v) is 12.7. The molecule has 3 nitrogen and oxygen atoms in total. The second-order valence-corrected chi connectivity index (χ2v) is 5.46. The zero-order valence-electron chi connectivity index (χ0n) is 11.1. The van der Waals surface area contributed by atoms with Crippen molar-refractivity contribution in [2.24, 2.45) is 0 Å². The van der Waals surface area contributed by atoms with E-state index in [1.807, 2.05) is 13.8 Å². The molecule has 0 saturated heterocycles. The van der Waals surface area contributed by atoms with Crippen LogP contribution in [0.5, 0.6) is 0 Å². The van der Waals surface area contributed by atoms with Crippen molar-refractivity contribution in [1.29, 1.82) is 0 Å². The summed E-state index contributed by atoms with van der Waals surface area (Å²) in [5.74, 6) is -0.827. The number of anilines is 2. The number of hydrogen-bond acceptors (Lipinski definition) is 2. The van der Waals surface area contributed by atoms with Gasteiger partial charge in [-0.25, -0.2) is 4.39 Å². The van der Waals surface area contributed by atoms with Crippen LogP contribution in [0.25, 0.3) is 0 Å². The summed E-state index contributed by atoms with van der Waals surface area (Å²) in [6.07, 6.45) is 0. The maximum atomic E-state index is 13.4. The van der Waals surface area contributed by atoms with Crippen LogP contribution in [-0.2, 0) is 0 Å². The fraction of sp³-hybridized carbons (Fsp3) is 0.133. The molecule has 20 heavy (non-hydrogen) atoms. The third-order valence-corrected chi connectivity index (χ3v) is 3.69. The number of aryl methyl sites for hydroxylation is 2. The van der Waals surface area contributed by atoms with Gasteiger partial charge in [-0.3, -0.25) is 4.79 Å². The summed E-state index contributed by atoms with van der Waals surface area (Å²) in [6, 6.07) is 7.86. The van der Waals surface area contributed by atoms with Gasteiger partial charge in [-0.15, -0.1) is 0 Å². The number of benzene rings is 2. The third-order valence-electron chi connectivity index (χ3n) is 3.04. The molecule has 0 aliphatic rings. The highest BCUT2D eigenvalue weighted by Gasteiger charge is 2.11. The van der Waals surface area contributed by atoms with Crippen molar-refractivity contribution >= 4 is 33.2 Å². The number of nitrogens with two attached hydrogens (primary N) is 1. The molecule has 0 saturated carbocycles. The second kappa shape index (κ2) is 5.63. The Kier molecular flexibility index (Phi) is 4.09. The monoisotopic (exact) mass is 336 g/mol. The van der Waals surface area contributed by atoms with Crippen LogP contribution < -0.4 is 11.1 Å². The molecule has 0 unspecified atom stereocenters. The molecule has 0 fully saturated rings. The van der Waals surface area contributed by atoms with Gasteiger partial charge in [-0.1, -0.05) is 0 Å². The molecule has 0 aromatic heterocycles. The van der Waals surface area contributed by atoms with Gasteiger partial charge in [0.2, 0.25) is 0 Å². The van der Waals surface area contributed by atoms with Crippen LogP contribution >= 0.6 is 15.9 Å². The first-order valence-corrected chi connectivity index (χ1v) is 6.81. The highest BCUT2D eigenvalue weighted by Crippen LogP contribution is 2.23. The fourth-order valence-corrected chi connectivity index (χ4v) is 2.05. The minimum Gasteiger partial charge on any atom is -0.399 e. The number of carbonyl (C=O) groups excluding carboxylic acids is 1. The van der Waals surface area contributed by atoms with Crippen LogP contribution in [0, 0.1) is 19.7 Å². The molecule has 5 heteroatoms. The largest absolute Gasteiger partial charge is 0.399 e. The van der Waals surface area contributed by atoms with Crippen LogP contribution in [0.3, 0.4) is 0 Å². The van der Waals surface area contributed by atoms with Crippen LogP contribution in [0.1, 0.15) is 21.5 Å². The molecule has 0 aliphatic heterocycles. The van der Waals surface area contributed by atoms with E-state index in [4.69, 9.17) is 5.73 Å². The first-order chi connectivity index (χ1) is 9.38. The molecule has 1 amide bonds. The van der Waals surface area contributed by atoms with Gasteiger partial charge in [0, 0.05) is 16.9 Å². The summed E-state index contributed by atoms with van der Waals surface area (Å²) in [5.41, 5.74) is 9.15. The number of amides is 1. The van der Waals surface area contributed by atoms with Crippen molar-refractivity contribution in [3.63, 3.8) is 0 Å². The molecule has 2 aromatic carbocycles. The Balaban J connectivity index is 2.27. The van der Waals surface area contributed by atoms with Gasteiger partial charge >= 0.3 is 0 Å². The molecule has 0 atom stereocenters. The summed E-state index contributed by atoms with van der Waals surface area (Å²) >= 11 is 3.05. The molecule has 3 N–H and O–H groups in total. The van der Waals surface area contributed by atoms with Gasteiger partial charge in [0.25, 0.3) is 5.91 Å². The molecule has 2 aromatic rings. The first kappa shape index (κ1) is 14.5. The van der Waals surface area contributed by atoms with E-state index >= 15 is 0 Å². The van der Waals surface area contributed by atoms with E-state index in [1.165, 1.54) is 12.1 Å². The number of hydrogen-bond donors (Lipinski definition) is 2. The van der Waals surface area contributed by atoms with Crippen molar-refractivity contribution < 1.29 is 9.18 Å². The van der Waals surface area contributed by atoms with E-state index in [9.17, 15) is 9.18 Å². The fourth-order valence-electron chi connectivity index (χ4n) is 1.81. The van der Waals surface area contributed by atoms with Crippen LogP contribution in [0.4, 0.5) is 15.8 Å².